The van der Waals surface area contributed by atoms with Crippen molar-refractivity contribution in [2.24, 2.45) is 0 Å². The fourth-order valence-electron chi connectivity index (χ4n) is 2.07. The second-order valence-corrected chi connectivity index (χ2v) is 4.55. The molecule has 8 heteroatoms. The van der Waals surface area contributed by atoms with Crippen LogP contribution >= 0.6 is 0 Å². The third kappa shape index (κ3) is 2.97. The van der Waals surface area contributed by atoms with Gasteiger partial charge in [-0.1, -0.05) is 0 Å². The first-order valence-electron chi connectivity index (χ1n) is 5.80. The van der Waals surface area contributed by atoms with Gasteiger partial charge in [-0.15, -0.1) is 0 Å². The summed E-state index contributed by atoms with van der Waals surface area (Å²) < 4.78 is 0. The molecule has 0 aromatic carbocycles. The number of anilines is 1. The Bertz CT molecular complexity index is 519. The van der Waals surface area contributed by atoms with Crippen LogP contribution in [0, 0.1) is 10.1 Å². The molecule has 0 radical (unpaired) electrons. The van der Waals surface area contributed by atoms with Crippen molar-refractivity contribution in [2.75, 3.05) is 25.5 Å². The van der Waals surface area contributed by atoms with Crippen LogP contribution in [0.3, 0.4) is 0 Å². The Labute approximate surface area is 109 Å². The number of pyridine rings is 1. The van der Waals surface area contributed by atoms with Gasteiger partial charge in [-0.05, 0) is 20.0 Å². The van der Waals surface area contributed by atoms with Gasteiger partial charge in [0.2, 0.25) is 5.82 Å². The van der Waals surface area contributed by atoms with E-state index in [1.807, 2.05) is 7.05 Å². The second kappa shape index (κ2) is 5.19. The van der Waals surface area contributed by atoms with E-state index in [0.717, 1.165) is 31.8 Å². The number of likely N-dealkylation sites (tertiary alicyclic amines) is 1. The van der Waals surface area contributed by atoms with Crippen molar-refractivity contribution in [1.29, 1.82) is 0 Å². The lowest BCUT2D eigenvalue weighted by molar-refractivity contribution is -0.384. The Balaban J connectivity index is 2.24. The minimum Gasteiger partial charge on any atom is -0.478 e. The first-order chi connectivity index (χ1) is 8.97. The van der Waals surface area contributed by atoms with E-state index in [2.05, 4.69) is 15.2 Å². The van der Waals surface area contributed by atoms with Gasteiger partial charge in [0.1, 0.15) is 0 Å². The quantitative estimate of drug-likeness (QED) is 0.613. The molecule has 0 amide bonds. The summed E-state index contributed by atoms with van der Waals surface area (Å²) in [7, 11) is 1.97. The van der Waals surface area contributed by atoms with Crippen molar-refractivity contribution in [1.82, 2.24) is 9.88 Å². The van der Waals surface area contributed by atoms with Crippen molar-refractivity contribution in [3.63, 3.8) is 0 Å². The van der Waals surface area contributed by atoms with Crippen LogP contribution < -0.4 is 5.32 Å². The average Bonchev–Trinajstić information content (AvgIpc) is 2.74. The van der Waals surface area contributed by atoms with Crippen molar-refractivity contribution in [2.45, 2.75) is 12.5 Å². The van der Waals surface area contributed by atoms with Crippen LogP contribution in [0.2, 0.25) is 0 Å². The number of hydrogen-bond acceptors (Lipinski definition) is 6. The average molecular weight is 266 g/mol. The Morgan fingerprint density at radius 3 is 2.95 bits per heavy atom. The largest absolute Gasteiger partial charge is 0.478 e. The van der Waals surface area contributed by atoms with Gasteiger partial charge in [-0.25, -0.2) is 9.78 Å². The van der Waals surface area contributed by atoms with Gasteiger partial charge in [0, 0.05) is 24.8 Å². The highest BCUT2D eigenvalue weighted by molar-refractivity contribution is 5.88. The fourth-order valence-corrected chi connectivity index (χ4v) is 2.07. The van der Waals surface area contributed by atoms with Gasteiger partial charge in [-0.2, -0.15) is 0 Å². The van der Waals surface area contributed by atoms with Gasteiger partial charge in [0.05, 0.1) is 10.5 Å². The topological polar surface area (TPSA) is 109 Å². The van der Waals surface area contributed by atoms with E-state index in [0.29, 0.717) is 0 Å². The third-order valence-corrected chi connectivity index (χ3v) is 3.04. The summed E-state index contributed by atoms with van der Waals surface area (Å²) in [6.45, 7) is 1.69. The number of nitrogens with zero attached hydrogens (tertiary/aromatic N) is 3. The molecule has 1 aromatic rings. The predicted molar refractivity (Wildman–Crippen MR) is 67.4 cm³/mol. The normalized spacial score (nSPS) is 19.3. The van der Waals surface area contributed by atoms with E-state index in [9.17, 15) is 14.9 Å². The molecule has 0 bridgehead atoms. The maximum atomic E-state index is 11.0. The number of rotatable bonds is 4. The maximum Gasteiger partial charge on any atom is 0.337 e. The lowest BCUT2D eigenvalue weighted by atomic mass is 10.2. The number of carboxylic acids is 1. The van der Waals surface area contributed by atoms with Crippen LogP contribution in [0.25, 0.3) is 0 Å². The molecule has 0 spiro atoms. The predicted octanol–water partition coefficient (Wildman–Crippen LogP) is 0.804. The molecule has 1 unspecified atom stereocenters. The summed E-state index contributed by atoms with van der Waals surface area (Å²) in [5.41, 5.74) is -0.504. The molecular weight excluding hydrogens is 252 g/mol. The highest BCUT2D eigenvalue weighted by atomic mass is 16.6. The van der Waals surface area contributed by atoms with Gasteiger partial charge in [0.25, 0.3) is 0 Å². The molecule has 19 heavy (non-hydrogen) atoms. The monoisotopic (exact) mass is 266 g/mol. The van der Waals surface area contributed by atoms with Gasteiger partial charge in [-0.3, -0.25) is 10.1 Å². The summed E-state index contributed by atoms with van der Waals surface area (Å²) in [5, 5.41) is 22.8. The molecule has 0 aliphatic carbocycles. The molecule has 1 aromatic heterocycles. The summed E-state index contributed by atoms with van der Waals surface area (Å²) in [5.74, 6) is -1.11. The first kappa shape index (κ1) is 13.2. The first-order valence-corrected chi connectivity index (χ1v) is 5.80. The SMILES string of the molecule is CN1CCC(Nc2ncc(C(=O)O)cc2[N+](=O)[O-])C1. The van der Waals surface area contributed by atoms with Gasteiger partial charge < -0.3 is 15.3 Å². The van der Waals surface area contributed by atoms with E-state index < -0.39 is 10.9 Å². The molecule has 2 rings (SSSR count). The molecule has 0 saturated carbocycles. The summed E-state index contributed by atoms with van der Waals surface area (Å²) in [6, 6.07) is 1.11. The van der Waals surface area contributed by atoms with Crippen molar-refractivity contribution in [3.05, 3.63) is 27.9 Å². The zero-order chi connectivity index (χ0) is 14.0. The molecule has 8 nitrogen and oxygen atoms in total. The molecule has 2 N–H and O–H groups in total. The Morgan fingerprint density at radius 1 is 1.68 bits per heavy atom. The summed E-state index contributed by atoms with van der Waals surface area (Å²) in [6.07, 6.45) is 1.99. The molecule has 1 atom stereocenters. The number of nitrogens with one attached hydrogen (secondary N) is 1. The summed E-state index contributed by atoms with van der Waals surface area (Å²) in [4.78, 5) is 27.1. The summed E-state index contributed by atoms with van der Waals surface area (Å²) >= 11 is 0. The fraction of sp³-hybridized carbons (Fsp3) is 0.455. The molecule has 1 aliphatic rings. The minimum absolute atomic E-state index is 0.0897. The number of carboxylic acid groups (broad SMARTS) is 1. The van der Waals surface area contributed by atoms with Crippen molar-refractivity contribution >= 4 is 17.5 Å². The zero-order valence-electron chi connectivity index (χ0n) is 10.4. The van der Waals surface area contributed by atoms with E-state index in [1.165, 1.54) is 0 Å². The van der Waals surface area contributed by atoms with E-state index in [1.54, 1.807) is 0 Å². The standard InChI is InChI=1S/C11H14N4O4/c1-14-3-2-8(6-14)13-10-9(15(18)19)4-7(5-12-10)11(16)17/h4-5,8H,2-3,6H2,1H3,(H,12,13)(H,16,17). The smallest absolute Gasteiger partial charge is 0.337 e. The third-order valence-electron chi connectivity index (χ3n) is 3.04. The number of nitro groups is 1. The Hall–Kier alpha value is -2.22. The van der Waals surface area contributed by atoms with Crippen LogP contribution in [-0.2, 0) is 0 Å². The lowest BCUT2D eigenvalue weighted by Crippen LogP contribution is -2.24. The minimum atomic E-state index is -1.23. The number of hydrogen-bond donors (Lipinski definition) is 2. The van der Waals surface area contributed by atoms with E-state index in [-0.39, 0.29) is 23.1 Å². The molecule has 1 aliphatic heterocycles. The van der Waals surface area contributed by atoms with Crippen molar-refractivity contribution in [3.8, 4) is 0 Å². The second-order valence-electron chi connectivity index (χ2n) is 4.55. The molecule has 1 fully saturated rings. The lowest BCUT2D eigenvalue weighted by Gasteiger charge is -2.13. The highest BCUT2D eigenvalue weighted by Crippen LogP contribution is 2.25. The number of carbonyl (C=O) groups is 1. The maximum absolute atomic E-state index is 11.0. The Morgan fingerprint density at radius 2 is 2.42 bits per heavy atom. The molecule has 1 saturated heterocycles. The van der Waals surface area contributed by atoms with Crippen LogP contribution in [0.5, 0.6) is 0 Å². The van der Waals surface area contributed by atoms with Crippen LogP contribution in [-0.4, -0.2) is 52.1 Å². The number of aromatic carboxylic acids is 1. The highest BCUT2D eigenvalue weighted by Gasteiger charge is 2.24. The van der Waals surface area contributed by atoms with Crippen LogP contribution in [0.4, 0.5) is 11.5 Å². The Kier molecular flexibility index (Phi) is 3.61. The van der Waals surface area contributed by atoms with E-state index >= 15 is 0 Å². The van der Waals surface area contributed by atoms with Gasteiger partial charge >= 0.3 is 11.7 Å². The van der Waals surface area contributed by atoms with Crippen molar-refractivity contribution < 1.29 is 14.8 Å². The van der Waals surface area contributed by atoms with Crippen LogP contribution in [0.15, 0.2) is 12.3 Å². The van der Waals surface area contributed by atoms with E-state index in [4.69, 9.17) is 5.11 Å². The van der Waals surface area contributed by atoms with Gasteiger partial charge in [0.15, 0.2) is 0 Å². The molecular formula is C11H14N4O4. The molecule has 2 heterocycles. The number of likely N-dealkylation sites (N-methyl/N-ethyl adjacent to an activating group) is 1. The zero-order valence-corrected chi connectivity index (χ0v) is 10.4. The molecule has 102 valence electrons. The number of aromatic nitrogens is 1. The van der Waals surface area contributed by atoms with Crippen LogP contribution in [0.1, 0.15) is 16.8 Å².